The summed E-state index contributed by atoms with van der Waals surface area (Å²) in [6.07, 6.45) is 1.72. The number of aromatic amines is 1. The second kappa shape index (κ2) is 5.47. The molecule has 0 atom stereocenters. The molecule has 5 heteroatoms. The van der Waals surface area contributed by atoms with Crippen LogP contribution in [0.1, 0.15) is 21.5 Å². The number of nitrogens with one attached hydrogen (secondary N) is 1. The first-order chi connectivity index (χ1) is 10.3. The topological polar surface area (TPSA) is 78.8 Å². The van der Waals surface area contributed by atoms with Crippen molar-refractivity contribution in [1.82, 2.24) is 10.2 Å². The lowest BCUT2D eigenvalue weighted by atomic mass is 10.1. The molecule has 0 aliphatic heterocycles. The fourth-order valence-corrected chi connectivity index (χ4v) is 2.06. The van der Waals surface area contributed by atoms with Crippen LogP contribution in [0, 0.1) is 11.3 Å². The Labute approximate surface area is 120 Å². The van der Waals surface area contributed by atoms with Crippen molar-refractivity contribution < 1.29 is 9.53 Å². The van der Waals surface area contributed by atoms with Crippen molar-refractivity contribution in [3.05, 3.63) is 65.4 Å². The molecule has 0 amide bonds. The molecule has 2 aromatic carbocycles. The van der Waals surface area contributed by atoms with E-state index >= 15 is 0 Å². The lowest BCUT2D eigenvalue weighted by Gasteiger charge is -2.06. The van der Waals surface area contributed by atoms with E-state index in [-0.39, 0.29) is 6.61 Å². The third kappa shape index (κ3) is 2.60. The molecule has 1 N–H and O–H groups in total. The van der Waals surface area contributed by atoms with Crippen LogP contribution in [0.2, 0.25) is 0 Å². The number of aromatic nitrogens is 2. The minimum absolute atomic E-state index is 0.165. The van der Waals surface area contributed by atoms with Gasteiger partial charge in [0.25, 0.3) is 0 Å². The van der Waals surface area contributed by atoms with Crippen LogP contribution in [-0.2, 0) is 11.3 Å². The van der Waals surface area contributed by atoms with Gasteiger partial charge in [-0.15, -0.1) is 0 Å². The maximum Gasteiger partial charge on any atom is 0.338 e. The summed E-state index contributed by atoms with van der Waals surface area (Å²) in [6.45, 7) is 0.165. The Kier molecular flexibility index (Phi) is 3.36. The summed E-state index contributed by atoms with van der Waals surface area (Å²) >= 11 is 0. The molecular formula is C16H11N3O2. The van der Waals surface area contributed by atoms with E-state index in [0.717, 1.165) is 16.5 Å². The van der Waals surface area contributed by atoms with Gasteiger partial charge in [-0.1, -0.05) is 18.2 Å². The number of benzene rings is 2. The highest BCUT2D eigenvalue weighted by molar-refractivity contribution is 5.89. The average molecular weight is 277 g/mol. The van der Waals surface area contributed by atoms with Gasteiger partial charge in [0.2, 0.25) is 0 Å². The standard InChI is InChI=1S/C16H11N3O2/c17-8-11-4-6-12(7-5-11)16(20)21-10-14-3-1-2-13-9-18-19-15(13)14/h1-7,9H,10H2,(H,18,19). The van der Waals surface area contributed by atoms with E-state index in [2.05, 4.69) is 10.2 Å². The third-order valence-electron chi connectivity index (χ3n) is 3.17. The summed E-state index contributed by atoms with van der Waals surface area (Å²) in [7, 11) is 0. The van der Waals surface area contributed by atoms with E-state index in [4.69, 9.17) is 10.00 Å². The van der Waals surface area contributed by atoms with Crippen LogP contribution >= 0.6 is 0 Å². The summed E-state index contributed by atoms with van der Waals surface area (Å²) in [5.41, 5.74) is 2.66. The summed E-state index contributed by atoms with van der Waals surface area (Å²) in [5.74, 6) is -0.420. The minimum Gasteiger partial charge on any atom is -0.457 e. The second-order valence-electron chi connectivity index (χ2n) is 4.52. The average Bonchev–Trinajstić information content (AvgIpc) is 3.02. The van der Waals surface area contributed by atoms with E-state index in [1.165, 1.54) is 0 Å². The lowest BCUT2D eigenvalue weighted by Crippen LogP contribution is -2.05. The lowest BCUT2D eigenvalue weighted by molar-refractivity contribution is 0.0474. The number of esters is 1. The van der Waals surface area contributed by atoms with Gasteiger partial charge in [-0.05, 0) is 24.3 Å². The van der Waals surface area contributed by atoms with E-state index < -0.39 is 5.97 Å². The number of carbonyl (C=O) groups excluding carboxylic acids is 1. The van der Waals surface area contributed by atoms with Gasteiger partial charge in [-0.2, -0.15) is 10.4 Å². The summed E-state index contributed by atoms with van der Waals surface area (Å²) in [4.78, 5) is 12.0. The highest BCUT2D eigenvalue weighted by atomic mass is 16.5. The Hall–Kier alpha value is -3.13. The Morgan fingerprint density at radius 2 is 2.05 bits per heavy atom. The number of H-pyrrole nitrogens is 1. The van der Waals surface area contributed by atoms with E-state index in [1.54, 1.807) is 30.5 Å². The summed E-state index contributed by atoms with van der Waals surface area (Å²) < 4.78 is 5.30. The molecule has 5 nitrogen and oxygen atoms in total. The molecule has 0 fully saturated rings. The van der Waals surface area contributed by atoms with Gasteiger partial charge in [-0.3, -0.25) is 5.10 Å². The van der Waals surface area contributed by atoms with Gasteiger partial charge in [0.05, 0.1) is 28.9 Å². The number of para-hydroxylation sites is 1. The molecule has 1 heterocycles. The first-order valence-corrected chi connectivity index (χ1v) is 6.36. The monoisotopic (exact) mass is 277 g/mol. The van der Waals surface area contributed by atoms with Gasteiger partial charge < -0.3 is 4.74 Å². The highest BCUT2D eigenvalue weighted by Crippen LogP contribution is 2.17. The van der Waals surface area contributed by atoms with Crippen LogP contribution in [-0.4, -0.2) is 16.2 Å². The number of rotatable bonds is 3. The van der Waals surface area contributed by atoms with Gasteiger partial charge in [0.15, 0.2) is 0 Å². The number of nitriles is 1. The molecule has 0 unspecified atom stereocenters. The smallest absolute Gasteiger partial charge is 0.338 e. The largest absolute Gasteiger partial charge is 0.457 e. The van der Waals surface area contributed by atoms with Crippen molar-refractivity contribution in [2.45, 2.75) is 6.61 Å². The van der Waals surface area contributed by atoms with E-state index in [1.807, 2.05) is 24.3 Å². The number of carbonyl (C=O) groups is 1. The first-order valence-electron chi connectivity index (χ1n) is 6.36. The number of nitrogens with zero attached hydrogens (tertiary/aromatic N) is 2. The fraction of sp³-hybridized carbons (Fsp3) is 0.0625. The second-order valence-corrected chi connectivity index (χ2v) is 4.52. The number of fused-ring (bicyclic) bond motifs is 1. The Morgan fingerprint density at radius 1 is 1.24 bits per heavy atom. The molecule has 1 aromatic heterocycles. The molecule has 102 valence electrons. The molecule has 21 heavy (non-hydrogen) atoms. The molecular weight excluding hydrogens is 266 g/mol. The van der Waals surface area contributed by atoms with Crippen molar-refractivity contribution in [3.8, 4) is 6.07 Å². The first kappa shape index (κ1) is 12.9. The SMILES string of the molecule is N#Cc1ccc(C(=O)OCc2cccc3cn[nH]c23)cc1. The van der Waals surface area contributed by atoms with Crippen LogP contribution in [0.25, 0.3) is 10.9 Å². The maximum atomic E-state index is 12.0. The van der Waals surface area contributed by atoms with Gasteiger partial charge >= 0.3 is 5.97 Å². The zero-order valence-electron chi connectivity index (χ0n) is 11.0. The van der Waals surface area contributed by atoms with Crippen molar-refractivity contribution >= 4 is 16.9 Å². The third-order valence-corrected chi connectivity index (χ3v) is 3.17. The number of hydrogen-bond acceptors (Lipinski definition) is 4. The molecule has 0 spiro atoms. The van der Waals surface area contributed by atoms with Crippen molar-refractivity contribution in [2.75, 3.05) is 0 Å². The van der Waals surface area contributed by atoms with Crippen LogP contribution < -0.4 is 0 Å². The molecule has 0 aliphatic carbocycles. The zero-order valence-corrected chi connectivity index (χ0v) is 11.0. The minimum atomic E-state index is -0.420. The van der Waals surface area contributed by atoms with Crippen molar-refractivity contribution in [1.29, 1.82) is 5.26 Å². The highest BCUT2D eigenvalue weighted by Gasteiger charge is 2.09. The maximum absolute atomic E-state index is 12.0. The van der Waals surface area contributed by atoms with E-state index in [9.17, 15) is 4.79 Å². The van der Waals surface area contributed by atoms with Crippen molar-refractivity contribution in [2.24, 2.45) is 0 Å². The number of ether oxygens (including phenoxy) is 1. The molecule has 3 rings (SSSR count). The Morgan fingerprint density at radius 3 is 2.81 bits per heavy atom. The van der Waals surface area contributed by atoms with Crippen molar-refractivity contribution in [3.63, 3.8) is 0 Å². The van der Waals surface area contributed by atoms with Crippen LogP contribution in [0.15, 0.2) is 48.7 Å². The summed E-state index contributed by atoms with van der Waals surface area (Å²) in [5, 5.41) is 16.6. The molecule has 0 saturated carbocycles. The molecule has 0 radical (unpaired) electrons. The normalized spacial score (nSPS) is 10.2. The molecule has 0 aliphatic rings. The number of hydrogen-bond donors (Lipinski definition) is 1. The zero-order chi connectivity index (χ0) is 14.7. The predicted octanol–water partition coefficient (Wildman–Crippen LogP) is 2.79. The van der Waals surface area contributed by atoms with Crippen LogP contribution in [0.5, 0.6) is 0 Å². The molecule has 3 aromatic rings. The van der Waals surface area contributed by atoms with E-state index in [0.29, 0.717) is 11.1 Å². The Balaban J connectivity index is 1.73. The van der Waals surface area contributed by atoms with Gasteiger partial charge in [-0.25, -0.2) is 4.79 Å². The predicted molar refractivity (Wildman–Crippen MR) is 76.4 cm³/mol. The summed E-state index contributed by atoms with van der Waals surface area (Å²) in [6, 6.07) is 14.1. The molecule has 0 saturated heterocycles. The van der Waals surface area contributed by atoms with Gasteiger partial charge in [0.1, 0.15) is 6.61 Å². The van der Waals surface area contributed by atoms with Crippen LogP contribution in [0.3, 0.4) is 0 Å². The Bertz CT molecular complexity index is 829. The molecule has 0 bridgehead atoms. The van der Waals surface area contributed by atoms with Gasteiger partial charge in [0, 0.05) is 10.9 Å². The van der Waals surface area contributed by atoms with Crippen LogP contribution in [0.4, 0.5) is 0 Å². The quantitative estimate of drug-likeness (QED) is 0.746. The fourth-order valence-electron chi connectivity index (χ4n) is 2.06.